The Morgan fingerprint density at radius 1 is 0.476 bits per heavy atom. The lowest BCUT2D eigenvalue weighted by molar-refractivity contribution is 1.56. The van der Waals surface area contributed by atoms with Crippen molar-refractivity contribution in [2.24, 2.45) is 0 Å². The molecule has 102 valence electrons. The van der Waals surface area contributed by atoms with E-state index in [0.717, 1.165) is 11.1 Å². The molecule has 0 aliphatic rings. The second kappa shape index (κ2) is 7.02. The molecule has 0 atom stereocenters. The van der Waals surface area contributed by atoms with E-state index in [1.165, 1.54) is 5.30 Å². The molecular weight excluding hydrogens is 271 g/mol. The summed E-state index contributed by atoms with van der Waals surface area (Å²) in [7, 11) is -0.708. The molecule has 0 N–H and O–H groups in total. The van der Waals surface area contributed by atoms with Crippen LogP contribution < -0.4 is 5.30 Å². The van der Waals surface area contributed by atoms with Crippen molar-refractivity contribution in [1.29, 1.82) is 0 Å². The predicted molar refractivity (Wildman–Crippen MR) is 90.6 cm³/mol. The normalized spacial score (nSPS) is 10.3. The highest BCUT2D eigenvalue weighted by molar-refractivity contribution is 7.70. The Balaban J connectivity index is 1.84. The molecule has 0 aromatic heterocycles. The average Bonchev–Trinajstić information content (AvgIpc) is 2.57. The van der Waals surface area contributed by atoms with Crippen LogP contribution in [0.25, 0.3) is 0 Å². The second-order valence-corrected chi connectivity index (χ2v) is 6.26. The number of rotatable bonds is 5. The molecule has 0 nitrogen and oxygen atoms in total. The molecule has 0 saturated heterocycles. The molecule has 3 aromatic rings. The van der Waals surface area contributed by atoms with Gasteiger partial charge in [-0.3, -0.25) is 0 Å². The first kappa shape index (κ1) is 13.8. The minimum absolute atomic E-state index is 0.708. The third-order valence-electron chi connectivity index (χ3n) is 3.04. The molecule has 1 heteroatoms. The summed E-state index contributed by atoms with van der Waals surface area (Å²) >= 11 is 0. The molecule has 0 spiro atoms. The maximum atomic E-state index is 3.60. The SMILES string of the molecule is [C-](c1ccccc1)P([C-]c1ccccc1)c1ccccc1. The summed E-state index contributed by atoms with van der Waals surface area (Å²) in [6, 6.07) is 31.1. The van der Waals surface area contributed by atoms with Gasteiger partial charge in [0.05, 0.1) is 0 Å². The van der Waals surface area contributed by atoms with E-state index in [9.17, 15) is 0 Å². The molecule has 3 aromatic carbocycles. The molecule has 2 radical (unpaired) electrons. The summed E-state index contributed by atoms with van der Waals surface area (Å²) in [5.41, 5.74) is 2.24. The molecular formula is C20H15P-2. The molecule has 0 fully saturated rings. The molecule has 0 bridgehead atoms. The highest BCUT2D eigenvalue weighted by Gasteiger charge is 2.02. The topological polar surface area (TPSA) is 0 Å². The molecule has 3 rings (SSSR count). The van der Waals surface area contributed by atoms with Crippen molar-refractivity contribution < 1.29 is 0 Å². The van der Waals surface area contributed by atoms with Crippen LogP contribution in [0.2, 0.25) is 0 Å². The quantitative estimate of drug-likeness (QED) is 0.459. The Morgan fingerprint density at radius 2 is 0.857 bits per heavy atom. The van der Waals surface area contributed by atoms with Crippen LogP contribution in [0.15, 0.2) is 91.0 Å². The summed E-state index contributed by atoms with van der Waals surface area (Å²) in [6.07, 6.45) is 7.19. The summed E-state index contributed by atoms with van der Waals surface area (Å²) in [5.74, 6) is 0. The van der Waals surface area contributed by atoms with E-state index in [1.54, 1.807) is 0 Å². The fourth-order valence-electron chi connectivity index (χ4n) is 2.02. The van der Waals surface area contributed by atoms with Crippen molar-refractivity contribution in [3.05, 3.63) is 114 Å². The van der Waals surface area contributed by atoms with Gasteiger partial charge in [-0.05, 0) is 5.30 Å². The monoisotopic (exact) mass is 286 g/mol. The first-order valence-electron chi connectivity index (χ1n) is 6.90. The number of benzene rings is 3. The Labute approximate surface area is 128 Å². The largest absolute Gasteiger partial charge is 0.192 e. The Morgan fingerprint density at radius 3 is 1.29 bits per heavy atom. The van der Waals surface area contributed by atoms with Crippen molar-refractivity contribution in [1.82, 2.24) is 0 Å². The van der Waals surface area contributed by atoms with Crippen LogP contribution >= 0.6 is 7.92 Å². The average molecular weight is 286 g/mol. The van der Waals surface area contributed by atoms with Crippen LogP contribution in [0.4, 0.5) is 0 Å². The van der Waals surface area contributed by atoms with Gasteiger partial charge in [0.15, 0.2) is 0 Å². The summed E-state index contributed by atoms with van der Waals surface area (Å²) in [4.78, 5) is 0. The zero-order valence-electron chi connectivity index (χ0n) is 11.6. The van der Waals surface area contributed by atoms with E-state index in [4.69, 9.17) is 0 Å². The standard InChI is InChI=1S/C20H15P/c1-4-10-18(11-5-1)16-21(20-14-8-3-9-15-20)17-19-12-6-2-7-13-19/h1-15H/q-2. The van der Waals surface area contributed by atoms with Crippen LogP contribution in [0.5, 0.6) is 0 Å². The van der Waals surface area contributed by atoms with Gasteiger partial charge in [-0.15, -0.1) is 24.3 Å². The third kappa shape index (κ3) is 3.90. The lowest BCUT2D eigenvalue weighted by Crippen LogP contribution is -2.01. The van der Waals surface area contributed by atoms with Gasteiger partial charge in [0.25, 0.3) is 0 Å². The van der Waals surface area contributed by atoms with Gasteiger partial charge >= 0.3 is 0 Å². The van der Waals surface area contributed by atoms with E-state index in [-0.39, 0.29) is 0 Å². The lowest BCUT2D eigenvalue weighted by Gasteiger charge is -2.29. The highest BCUT2D eigenvalue weighted by atomic mass is 31.1. The van der Waals surface area contributed by atoms with Gasteiger partial charge in [0.1, 0.15) is 0 Å². The zero-order chi connectivity index (χ0) is 14.3. The van der Waals surface area contributed by atoms with Crippen molar-refractivity contribution >= 4 is 13.2 Å². The van der Waals surface area contributed by atoms with Gasteiger partial charge < -0.3 is 0 Å². The summed E-state index contributed by atoms with van der Waals surface area (Å²) < 4.78 is 0. The van der Waals surface area contributed by atoms with Crippen molar-refractivity contribution in [2.45, 2.75) is 0 Å². The zero-order valence-corrected chi connectivity index (χ0v) is 12.5. The van der Waals surface area contributed by atoms with Crippen LogP contribution in [0.1, 0.15) is 11.1 Å². The van der Waals surface area contributed by atoms with Crippen LogP contribution in [-0.4, -0.2) is 0 Å². The van der Waals surface area contributed by atoms with E-state index >= 15 is 0 Å². The minimum Gasteiger partial charge on any atom is -0.192 e. The smallest absolute Gasteiger partial charge is 0.0406 e. The fourth-order valence-corrected chi connectivity index (χ4v) is 3.62. The van der Waals surface area contributed by atoms with Gasteiger partial charge in [-0.2, -0.15) is 55.6 Å². The van der Waals surface area contributed by atoms with Crippen LogP contribution in [0.3, 0.4) is 0 Å². The molecule has 0 aliphatic heterocycles. The number of hydrogen-bond donors (Lipinski definition) is 0. The van der Waals surface area contributed by atoms with Gasteiger partial charge in [0, 0.05) is 0 Å². The van der Waals surface area contributed by atoms with Crippen molar-refractivity contribution in [2.75, 3.05) is 0 Å². The fraction of sp³-hybridized carbons (Fsp3) is 0. The second-order valence-electron chi connectivity index (χ2n) is 4.63. The van der Waals surface area contributed by atoms with E-state index < -0.39 is 7.92 Å². The molecule has 0 amide bonds. The molecule has 0 unspecified atom stereocenters. The van der Waals surface area contributed by atoms with Gasteiger partial charge in [0.2, 0.25) is 0 Å². The van der Waals surface area contributed by atoms with Crippen LogP contribution in [-0.2, 0) is 0 Å². The summed E-state index contributed by atoms with van der Waals surface area (Å²) in [5, 5.41) is 1.26. The Bertz CT molecular complexity index is 606. The molecule has 0 aliphatic carbocycles. The Kier molecular flexibility index (Phi) is 4.61. The van der Waals surface area contributed by atoms with Gasteiger partial charge in [-0.1, -0.05) is 42.5 Å². The van der Waals surface area contributed by atoms with E-state index in [2.05, 4.69) is 60.9 Å². The highest BCUT2D eigenvalue weighted by Crippen LogP contribution is 2.45. The van der Waals surface area contributed by atoms with E-state index in [1.807, 2.05) is 42.5 Å². The third-order valence-corrected chi connectivity index (χ3v) is 4.82. The lowest BCUT2D eigenvalue weighted by atomic mass is 10.2. The first-order valence-corrected chi connectivity index (χ1v) is 8.24. The predicted octanol–water partition coefficient (Wildman–Crippen LogP) is 4.97. The molecule has 0 saturated carbocycles. The Hall–Kier alpha value is -2.17. The maximum Gasteiger partial charge on any atom is -0.0406 e. The van der Waals surface area contributed by atoms with Crippen molar-refractivity contribution in [3.63, 3.8) is 0 Å². The minimum atomic E-state index is -0.708. The van der Waals surface area contributed by atoms with Gasteiger partial charge in [-0.25, -0.2) is 0 Å². The maximum absolute atomic E-state index is 3.60. The summed E-state index contributed by atoms with van der Waals surface area (Å²) in [6.45, 7) is 0. The van der Waals surface area contributed by atoms with E-state index in [0.29, 0.717) is 0 Å². The molecule has 0 heterocycles. The van der Waals surface area contributed by atoms with Crippen molar-refractivity contribution in [3.8, 4) is 0 Å². The van der Waals surface area contributed by atoms with Crippen LogP contribution in [0, 0.1) is 12.3 Å². The number of hydrogen-bond acceptors (Lipinski definition) is 0. The first-order chi connectivity index (χ1) is 10.4. The molecule has 21 heavy (non-hydrogen) atoms.